The van der Waals surface area contributed by atoms with E-state index in [1.165, 1.54) is 9.47 Å². The molecule has 2 heterocycles. The lowest BCUT2D eigenvalue weighted by molar-refractivity contribution is -0.123. The van der Waals surface area contributed by atoms with Gasteiger partial charge in [-0.25, -0.2) is 4.79 Å². The maximum atomic E-state index is 12.6. The van der Waals surface area contributed by atoms with Crippen molar-refractivity contribution in [2.45, 2.75) is 32.4 Å². The van der Waals surface area contributed by atoms with Crippen LogP contribution in [-0.2, 0) is 6.54 Å². The second kappa shape index (κ2) is 6.61. The maximum Gasteiger partial charge on any atom is 0.407 e. The molecule has 1 amide bonds. The quantitative estimate of drug-likeness (QED) is 0.886. The number of amides is 1. The molecule has 1 fully saturated rings. The van der Waals surface area contributed by atoms with Crippen LogP contribution in [0.5, 0.6) is 0 Å². The van der Waals surface area contributed by atoms with Gasteiger partial charge in [0.05, 0.1) is 12.1 Å². The van der Waals surface area contributed by atoms with Gasteiger partial charge in [-0.15, -0.1) is 0 Å². The first-order chi connectivity index (χ1) is 12.2. The number of likely N-dealkylation sites (tertiary alicyclic amines) is 1. The largest absolute Gasteiger partial charge is 0.465 e. The Balaban J connectivity index is 1.84. The molecule has 138 valence electrons. The third kappa shape index (κ3) is 3.37. The van der Waals surface area contributed by atoms with Crippen molar-refractivity contribution in [2.75, 3.05) is 13.1 Å². The molecule has 3 rings (SSSR count). The molecule has 1 aromatic heterocycles. The number of aliphatic hydroxyl groups is 1. The highest BCUT2D eigenvalue weighted by Crippen LogP contribution is 2.39. The zero-order valence-corrected chi connectivity index (χ0v) is 15.1. The van der Waals surface area contributed by atoms with Crippen molar-refractivity contribution in [3.63, 3.8) is 0 Å². The first-order valence-electron chi connectivity index (χ1n) is 8.68. The molecule has 1 saturated heterocycles. The van der Waals surface area contributed by atoms with E-state index in [1.54, 1.807) is 12.3 Å². The molecule has 0 aliphatic carbocycles. The van der Waals surface area contributed by atoms with Gasteiger partial charge >= 0.3 is 6.09 Å². The Labute approximate surface area is 152 Å². The maximum absolute atomic E-state index is 12.6. The highest BCUT2D eigenvalue weighted by atomic mass is 16.4. The van der Waals surface area contributed by atoms with E-state index in [-0.39, 0.29) is 25.2 Å². The molecular formula is C20H24N2O4. The van der Waals surface area contributed by atoms with Crippen LogP contribution in [0.4, 0.5) is 4.79 Å². The molecule has 6 nitrogen and oxygen atoms in total. The van der Waals surface area contributed by atoms with Crippen LogP contribution < -0.4 is 5.56 Å². The Morgan fingerprint density at radius 2 is 1.85 bits per heavy atom. The lowest BCUT2D eigenvalue weighted by Gasteiger charge is -2.49. The molecule has 0 saturated carbocycles. The molecule has 1 aromatic carbocycles. The molecule has 2 N–H and O–H groups in total. The normalized spacial score (nSPS) is 22.2. The van der Waals surface area contributed by atoms with Gasteiger partial charge in [-0.2, -0.15) is 0 Å². The van der Waals surface area contributed by atoms with Crippen LogP contribution in [0.15, 0.2) is 53.5 Å². The summed E-state index contributed by atoms with van der Waals surface area (Å²) in [6, 6.07) is 13.1. The van der Waals surface area contributed by atoms with Crippen LogP contribution in [0.25, 0.3) is 11.1 Å². The zero-order chi connectivity index (χ0) is 18.9. The average molecular weight is 356 g/mol. The summed E-state index contributed by atoms with van der Waals surface area (Å²) < 4.78 is 1.50. The van der Waals surface area contributed by atoms with Gasteiger partial charge in [-0.1, -0.05) is 44.2 Å². The molecule has 2 aromatic rings. The van der Waals surface area contributed by atoms with Crippen molar-refractivity contribution in [1.82, 2.24) is 9.47 Å². The number of nitrogens with zero attached hydrogens (tertiary/aromatic N) is 2. The van der Waals surface area contributed by atoms with Gasteiger partial charge in [-0.3, -0.25) is 4.79 Å². The number of carbonyl (C=O) groups is 1. The number of pyridine rings is 1. The smallest absolute Gasteiger partial charge is 0.407 e. The fourth-order valence-corrected chi connectivity index (χ4v) is 3.55. The van der Waals surface area contributed by atoms with Crippen LogP contribution in [-0.4, -0.2) is 44.5 Å². The predicted molar refractivity (Wildman–Crippen MR) is 99.1 cm³/mol. The number of hydrogen-bond acceptors (Lipinski definition) is 3. The van der Waals surface area contributed by atoms with E-state index in [1.807, 2.05) is 50.2 Å². The van der Waals surface area contributed by atoms with Gasteiger partial charge in [0.2, 0.25) is 0 Å². The van der Waals surface area contributed by atoms with Crippen molar-refractivity contribution >= 4 is 6.09 Å². The van der Waals surface area contributed by atoms with Gasteiger partial charge in [0.15, 0.2) is 0 Å². The molecule has 0 radical (unpaired) electrons. The lowest BCUT2D eigenvalue weighted by Crippen LogP contribution is -2.60. The minimum absolute atomic E-state index is 0.140. The monoisotopic (exact) mass is 356 g/mol. The van der Waals surface area contributed by atoms with E-state index in [9.17, 15) is 19.8 Å². The molecule has 1 atom stereocenters. The van der Waals surface area contributed by atoms with Crippen molar-refractivity contribution in [3.8, 4) is 11.1 Å². The van der Waals surface area contributed by atoms with Gasteiger partial charge in [0.1, 0.15) is 0 Å². The fourth-order valence-electron chi connectivity index (χ4n) is 3.55. The van der Waals surface area contributed by atoms with Crippen LogP contribution in [0.1, 0.15) is 20.3 Å². The Kier molecular flexibility index (Phi) is 4.63. The van der Waals surface area contributed by atoms with Crippen LogP contribution in [0.2, 0.25) is 0 Å². The van der Waals surface area contributed by atoms with E-state index in [4.69, 9.17) is 0 Å². The number of piperidine rings is 1. The summed E-state index contributed by atoms with van der Waals surface area (Å²) in [6.45, 7) is 4.31. The first-order valence-corrected chi connectivity index (χ1v) is 8.68. The van der Waals surface area contributed by atoms with E-state index >= 15 is 0 Å². The summed E-state index contributed by atoms with van der Waals surface area (Å²) in [4.78, 5) is 25.1. The SMILES string of the molecule is CC1(C)CN(C(=O)O)CC[C@@]1(O)Cn1ccc(-c2ccccc2)cc1=O. The lowest BCUT2D eigenvalue weighted by atomic mass is 9.70. The molecule has 0 bridgehead atoms. The number of carboxylic acid groups (broad SMARTS) is 1. The third-order valence-electron chi connectivity index (χ3n) is 5.45. The predicted octanol–water partition coefficient (Wildman–Crippen LogP) is 2.66. The Morgan fingerprint density at radius 3 is 2.42 bits per heavy atom. The average Bonchev–Trinajstić information content (AvgIpc) is 2.60. The summed E-state index contributed by atoms with van der Waals surface area (Å²) in [5.41, 5.74) is -0.210. The second-order valence-electron chi connectivity index (χ2n) is 7.62. The summed E-state index contributed by atoms with van der Waals surface area (Å²) in [5.74, 6) is 0. The molecule has 0 spiro atoms. The van der Waals surface area contributed by atoms with Crippen molar-refractivity contribution in [2.24, 2.45) is 5.41 Å². The molecular weight excluding hydrogens is 332 g/mol. The van der Waals surface area contributed by atoms with E-state index in [0.29, 0.717) is 6.42 Å². The molecule has 0 unspecified atom stereocenters. The van der Waals surface area contributed by atoms with Gasteiger partial charge in [0.25, 0.3) is 5.56 Å². The highest BCUT2D eigenvalue weighted by molar-refractivity contribution is 5.65. The van der Waals surface area contributed by atoms with Gasteiger partial charge in [-0.05, 0) is 23.6 Å². The first kappa shape index (κ1) is 18.2. The van der Waals surface area contributed by atoms with E-state index < -0.39 is 17.1 Å². The molecule has 1 aliphatic heterocycles. The standard InChI is InChI=1S/C20H24N2O4/c1-19(2)13-22(18(24)25)11-9-20(19,26)14-21-10-8-16(12-17(21)23)15-6-4-3-5-7-15/h3-8,10,12,26H,9,11,13-14H2,1-2H3,(H,24,25)/t20-/m1/s1. The van der Waals surface area contributed by atoms with Crippen molar-refractivity contribution < 1.29 is 15.0 Å². The zero-order valence-electron chi connectivity index (χ0n) is 15.1. The summed E-state index contributed by atoms with van der Waals surface area (Å²) in [5, 5.41) is 20.4. The van der Waals surface area contributed by atoms with Crippen LogP contribution >= 0.6 is 0 Å². The highest BCUT2D eigenvalue weighted by Gasteiger charge is 2.48. The van der Waals surface area contributed by atoms with Crippen molar-refractivity contribution in [3.05, 3.63) is 59.0 Å². The Morgan fingerprint density at radius 1 is 1.15 bits per heavy atom. The minimum atomic E-state index is -1.16. The van der Waals surface area contributed by atoms with Crippen molar-refractivity contribution in [1.29, 1.82) is 0 Å². The van der Waals surface area contributed by atoms with Gasteiger partial charge < -0.3 is 19.7 Å². The van der Waals surface area contributed by atoms with Crippen LogP contribution in [0, 0.1) is 5.41 Å². The third-order valence-corrected chi connectivity index (χ3v) is 5.45. The number of rotatable bonds is 3. The number of hydrogen-bond donors (Lipinski definition) is 2. The second-order valence-corrected chi connectivity index (χ2v) is 7.62. The molecule has 26 heavy (non-hydrogen) atoms. The summed E-state index contributed by atoms with van der Waals surface area (Å²) in [7, 11) is 0. The van der Waals surface area contributed by atoms with E-state index in [0.717, 1.165) is 11.1 Å². The minimum Gasteiger partial charge on any atom is -0.465 e. The molecule has 1 aliphatic rings. The Bertz CT molecular complexity index is 860. The number of benzene rings is 1. The van der Waals surface area contributed by atoms with E-state index in [2.05, 4.69) is 0 Å². The summed E-state index contributed by atoms with van der Waals surface area (Å²) in [6.07, 6.45) is 1.01. The van der Waals surface area contributed by atoms with Gasteiger partial charge in [0, 0.05) is 30.8 Å². The number of aromatic nitrogens is 1. The van der Waals surface area contributed by atoms with Crippen LogP contribution in [0.3, 0.4) is 0 Å². The topological polar surface area (TPSA) is 82.8 Å². The molecule has 6 heteroatoms. The summed E-state index contributed by atoms with van der Waals surface area (Å²) >= 11 is 0. The fraction of sp³-hybridized carbons (Fsp3) is 0.400. The Hall–Kier alpha value is -2.60.